The molecule has 3 aromatic carbocycles. The Bertz CT molecular complexity index is 2280. The van der Waals surface area contributed by atoms with Crippen molar-refractivity contribution in [2.24, 2.45) is 0 Å². The fourth-order valence-electron chi connectivity index (χ4n) is 6.65. The molecule has 0 bridgehead atoms. The Balaban J connectivity index is 1.58. The van der Waals surface area contributed by atoms with Gasteiger partial charge in [0.05, 0.1) is 22.6 Å². The van der Waals surface area contributed by atoms with Crippen LogP contribution in [0, 0.1) is 13.8 Å². The third-order valence-corrected chi connectivity index (χ3v) is 9.29. The quantitative estimate of drug-likeness (QED) is 0.199. The molecule has 7 aromatic rings. The molecule has 0 aliphatic rings. The van der Waals surface area contributed by atoms with Crippen LogP contribution in [0.3, 0.4) is 0 Å². The van der Waals surface area contributed by atoms with E-state index in [0.29, 0.717) is 11.5 Å². The van der Waals surface area contributed by atoms with E-state index in [0.717, 1.165) is 72.7 Å². The summed E-state index contributed by atoms with van der Waals surface area (Å²) in [6, 6.07) is 33.2. The Hall–Kier alpha value is -5.62. The molecule has 1 N–H and O–H groups in total. The number of imidazole rings is 1. The molecule has 6 nitrogen and oxygen atoms in total. The van der Waals surface area contributed by atoms with Crippen LogP contribution >= 0.6 is 0 Å². The normalized spacial score (nSPS) is 12.1. The molecule has 50 heavy (non-hydrogen) atoms. The minimum absolute atomic E-state index is 0.145. The number of hydrogen-bond donors (Lipinski definition) is 1. The van der Waals surface area contributed by atoms with Gasteiger partial charge in [-0.2, -0.15) is 0 Å². The van der Waals surface area contributed by atoms with E-state index in [2.05, 4.69) is 126 Å². The maximum Gasteiger partial charge on any atom is 0.168 e. The van der Waals surface area contributed by atoms with Gasteiger partial charge in [-0.25, -0.2) is 9.97 Å². The number of pyridine rings is 3. The van der Waals surface area contributed by atoms with E-state index in [9.17, 15) is 5.11 Å². The average Bonchev–Trinajstić information content (AvgIpc) is 3.47. The Morgan fingerprint density at radius 1 is 0.580 bits per heavy atom. The van der Waals surface area contributed by atoms with Crippen molar-refractivity contribution in [1.29, 1.82) is 0 Å². The summed E-state index contributed by atoms with van der Waals surface area (Å²) in [6.45, 7) is 17.0. The first-order valence-electron chi connectivity index (χ1n) is 17.1. The predicted octanol–water partition coefficient (Wildman–Crippen LogP) is 10.8. The van der Waals surface area contributed by atoms with E-state index in [1.54, 1.807) is 0 Å². The average molecular weight is 658 g/mol. The number of fused-ring (bicyclic) bond motifs is 1. The molecular formula is C44H43N5O. The van der Waals surface area contributed by atoms with Crippen LogP contribution in [0.25, 0.3) is 61.9 Å². The number of benzene rings is 3. The molecule has 0 saturated carbocycles. The number of rotatable bonds is 5. The van der Waals surface area contributed by atoms with Crippen molar-refractivity contribution < 1.29 is 5.11 Å². The molecule has 0 atom stereocenters. The van der Waals surface area contributed by atoms with E-state index in [-0.39, 0.29) is 16.6 Å². The van der Waals surface area contributed by atoms with Gasteiger partial charge in [-0.15, -0.1) is 0 Å². The van der Waals surface area contributed by atoms with Crippen molar-refractivity contribution in [1.82, 2.24) is 24.5 Å². The second-order valence-electron chi connectivity index (χ2n) is 15.2. The third-order valence-electron chi connectivity index (χ3n) is 9.29. The third kappa shape index (κ3) is 5.96. The summed E-state index contributed by atoms with van der Waals surface area (Å²) in [4.78, 5) is 20.2. The predicted molar refractivity (Wildman–Crippen MR) is 205 cm³/mol. The van der Waals surface area contributed by atoms with Crippen LogP contribution in [-0.4, -0.2) is 29.6 Å². The molecule has 250 valence electrons. The van der Waals surface area contributed by atoms with Gasteiger partial charge in [-0.1, -0.05) is 96.1 Å². The maximum atomic E-state index is 12.1. The highest BCUT2D eigenvalue weighted by atomic mass is 16.3. The molecule has 0 spiro atoms. The lowest BCUT2D eigenvalue weighted by Gasteiger charge is -2.26. The Kier molecular flexibility index (Phi) is 8.14. The lowest BCUT2D eigenvalue weighted by molar-refractivity contribution is 0.441. The van der Waals surface area contributed by atoms with Crippen molar-refractivity contribution >= 4 is 11.0 Å². The summed E-state index contributed by atoms with van der Waals surface area (Å²) in [5.41, 5.74) is 12.1. The number of aryl methyl sites for hydroxylation is 2. The molecule has 0 radical (unpaired) electrons. The molecule has 0 aliphatic heterocycles. The highest BCUT2D eigenvalue weighted by Gasteiger charge is 2.30. The van der Waals surface area contributed by atoms with Gasteiger partial charge in [0.1, 0.15) is 17.0 Å². The molecule has 0 aliphatic carbocycles. The lowest BCUT2D eigenvalue weighted by atomic mass is 9.82. The minimum Gasteiger partial charge on any atom is -0.505 e. The van der Waals surface area contributed by atoms with Crippen molar-refractivity contribution in [2.75, 3.05) is 0 Å². The van der Waals surface area contributed by atoms with E-state index in [1.807, 2.05) is 48.8 Å². The molecule has 7 rings (SSSR count). The van der Waals surface area contributed by atoms with Gasteiger partial charge in [0, 0.05) is 40.2 Å². The van der Waals surface area contributed by atoms with Crippen molar-refractivity contribution in [3.05, 3.63) is 132 Å². The summed E-state index contributed by atoms with van der Waals surface area (Å²) in [5, 5.41) is 12.1. The van der Waals surface area contributed by atoms with Crippen molar-refractivity contribution in [3.8, 4) is 56.6 Å². The first kappa shape index (κ1) is 32.9. The number of hydrogen-bond acceptors (Lipinski definition) is 5. The van der Waals surface area contributed by atoms with Crippen LogP contribution in [0.15, 0.2) is 109 Å². The topological polar surface area (TPSA) is 76.7 Å². The Labute approximate surface area is 294 Å². The van der Waals surface area contributed by atoms with Crippen LogP contribution in [0.2, 0.25) is 0 Å². The monoisotopic (exact) mass is 657 g/mol. The molecule has 0 saturated heterocycles. The van der Waals surface area contributed by atoms with Gasteiger partial charge in [-0.05, 0) is 84.0 Å². The van der Waals surface area contributed by atoms with E-state index in [1.165, 1.54) is 0 Å². The first-order valence-corrected chi connectivity index (χ1v) is 17.1. The van der Waals surface area contributed by atoms with E-state index in [4.69, 9.17) is 15.0 Å². The highest BCUT2D eigenvalue weighted by Crippen LogP contribution is 2.43. The first-order chi connectivity index (χ1) is 23.8. The minimum atomic E-state index is -0.330. The molecule has 0 fully saturated rings. The number of aromatic nitrogens is 5. The SMILES string of the molecule is Cc1cccc(C)c1-n1c(-c2nc(C(C)(C)C)cc(C(C)(C)C)c2O)nc2c(-c3cc(-c4ccccc4)cc(-c4ccccn4)c3)nccc21. The van der Waals surface area contributed by atoms with Crippen molar-refractivity contribution in [2.45, 2.75) is 66.2 Å². The maximum absolute atomic E-state index is 12.1. The van der Waals surface area contributed by atoms with E-state index < -0.39 is 0 Å². The van der Waals surface area contributed by atoms with Crippen LogP contribution in [0.4, 0.5) is 0 Å². The fourth-order valence-corrected chi connectivity index (χ4v) is 6.65. The zero-order chi connectivity index (χ0) is 35.4. The Morgan fingerprint density at radius 2 is 1.26 bits per heavy atom. The number of aromatic hydroxyl groups is 1. The standard InChI is InChI=1S/C44H43N5O/c1-27-15-14-16-28(2)40(27)49-35-20-22-46-37(32-24-30(29-17-10-9-11-18-29)23-31(25-32)34-19-12-13-21-45-34)38(35)48-42(49)39-41(50)33(43(3,4)5)26-36(47-39)44(6,7)8/h9-26,50H,1-8H3. The molecule has 4 heterocycles. The smallest absolute Gasteiger partial charge is 0.168 e. The van der Waals surface area contributed by atoms with Crippen LogP contribution in [0.5, 0.6) is 5.75 Å². The summed E-state index contributed by atoms with van der Waals surface area (Å²) in [6.07, 6.45) is 3.67. The summed E-state index contributed by atoms with van der Waals surface area (Å²) in [7, 11) is 0. The number of para-hydroxylation sites is 1. The van der Waals surface area contributed by atoms with Crippen LogP contribution in [-0.2, 0) is 10.8 Å². The highest BCUT2D eigenvalue weighted by molar-refractivity contribution is 5.95. The van der Waals surface area contributed by atoms with E-state index >= 15 is 0 Å². The Morgan fingerprint density at radius 3 is 1.92 bits per heavy atom. The molecule has 0 amide bonds. The zero-order valence-electron chi connectivity index (χ0n) is 30.1. The molecule has 0 unspecified atom stereocenters. The fraction of sp³-hybridized carbons (Fsp3) is 0.227. The summed E-state index contributed by atoms with van der Waals surface area (Å²) < 4.78 is 2.16. The van der Waals surface area contributed by atoms with Gasteiger partial charge < -0.3 is 5.11 Å². The zero-order valence-corrected chi connectivity index (χ0v) is 30.1. The van der Waals surface area contributed by atoms with Gasteiger partial charge in [-0.3, -0.25) is 14.5 Å². The largest absolute Gasteiger partial charge is 0.505 e. The second-order valence-corrected chi connectivity index (χ2v) is 15.2. The molecule has 4 aromatic heterocycles. The summed E-state index contributed by atoms with van der Waals surface area (Å²) in [5.74, 6) is 0.719. The van der Waals surface area contributed by atoms with Gasteiger partial charge in [0.2, 0.25) is 0 Å². The van der Waals surface area contributed by atoms with Gasteiger partial charge in [0.25, 0.3) is 0 Å². The second kappa shape index (κ2) is 12.4. The van der Waals surface area contributed by atoms with Gasteiger partial charge >= 0.3 is 0 Å². The van der Waals surface area contributed by atoms with Crippen LogP contribution < -0.4 is 0 Å². The van der Waals surface area contributed by atoms with Crippen molar-refractivity contribution in [3.63, 3.8) is 0 Å². The van der Waals surface area contributed by atoms with Gasteiger partial charge in [0.15, 0.2) is 5.82 Å². The molecular weight excluding hydrogens is 615 g/mol. The molecule has 6 heteroatoms. The summed E-state index contributed by atoms with van der Waals surface area (Å²) >= 11 is 0. The lowest BCUT2D eigenvalue weighted by Crippen LogP contribution is -2.19. The number of nitrogens with zero attached hydrogens (tertiary/aromatic N) is 5. The van der Waals surface area contributed by atoms with Crippen LogP contribution in [0.1, 0.15) is 63.9 Å².